The van der Waals surface area contributed by atoms with Gasteiger partial charge in [0, 0.05) is 10.6 Å². The molecule has 1 N–H and O–H groups in total. The number of benzene rings is 1. The minimum absolute atomic E-state index is 0.0695. The number of aromatic nitrogens is 1. The third kappa shape index (κ3) is 6.78. The van der Waals surface area contributed by atoms with Gasteiger partial charge in [-0.15, -0.1) is 23.5 Å². The summed E-state index contributed by atoms with van der Waals surface area (Å²) in [6, 6.07) is 10.7. The Morgan fingerprint density at radius 1 is 1.03 bits per heavy atom. The Balaban J connectivity index is 2.30. The van der Waals surface area contributed by atoms with Crippen molar-refractivity contribution in [3.63, 3.8) is 0 Å². The van der Waals surface area contributed by atoms with Crippen molar-refractivity contribution in [2.45, 2.75) is 81.6 Å². The van der Waals surface area contributed by atoms with E-state index >= 15 is 0 Å². The van der Waals surface area contributed by atoms with Gasteiger partial charge >= 0.3 is 0 Å². The van der Waals surface area contributed by atoms with E-state index in [0.29, 0.717) is 5.92 Å². The van der Waals surface area contributed by atoms with Crippen LogP contribution in [0.25, 0.3) is 0 Å². The number of hydrogen-bond acceptors (Lipinski definition) is 4. The molecule has 1 aromatic heterocycles. The van der Waals surface area contributed by atoms with E-state index in [0.717, 1.165) is 39.7 Å². The second kappa shape index (κ2) is 12.4. The van der Waals surface area contributed by atoms with E-state index in [1.807, 2.05) is 25.5 Å². The molecule has 164 valence electrons. The summed E-state index contributed by atoms with van der Waals surface area (Å²) in [7, 11) is 0. The van der Waals surface area contributed by atoms with Gasteiger partial charge in [-0.3, -0.25) is 4.79 Å². The average molecular weight is 445 g/mol. The molecule has 2 aromatic rings. The SMILES string of the molecule is CCCCCCC(C(=O)Nc1c(SC)cc(C)nc1SC)c1ccc(C(C)C)cc1. The van der Waals surface area contributed by atoms with Crippen LogP contribution < -0.4 is 5.32 Å². The fraction of sp³-hybridized carbons (Fsp3) is 0.520. The first-order chi connectivity index (χ1) is 14.4. The van der Waals surface area contributed by atoms with E-state index in [9.17, 15) is 4.79 Å². The van der Waals surface area contributed by atoms with E-state index in [2.05, 4.69) is 55.3 Å². The lowest BCUT2D eigenvalue weighted by Crippen LogP contribution is -2.22. The summed E-state index contributed by atoms with van der Waals surface area (Å²) < 4.78 is 0. The van der Waals surface area contributed by atoms with Crippen molar-refractivity contribution in [2.24, 2.45) is 0 Å². The molecule has 0 aliphatic carbocycles. The van der Waals surface area contributed by atoms with Crippen molar-refractivity contribution >= 4 is 35.1 Å². The quantitative estimate of drug-likeness (QED) is 0.285. The number of nitrogens with zero attached hydrogens (tertiary/aromatic N) is 1. The predicted octanol–water partition coefficient (Wildman–Crippen LogP) is 7.65. The molecule has 0 bridgehead atoms. The number of rotatable bonds is 11. The molecule has 0 radical (unpaired) electrons. The Morgan fingerprint density at radius 3 is 2.27 bits per heavy atom. The first-order valence-electron chi connectivity index (χ1n) is 10.9. The molecular weight excluding hydrogens is 408 g/mol. The van der Waals surface area contributed by atoms with Crippen LogP contribution in [0.15, 0.2) is 40.3 Å². The molecule has 0 aliphatic rings. The maximum absolute atomic E-state index is 13.5. The number of thioether (sulfide) groups is 2. The van der Waals surface area contributed by atoms with Crippen LogP contribution >= 0.6 is 23.5 Å². The lowest BCUT2D eigenvalue weighted by molar-refractivity contribution is -0.117. The van der Waals surface area contributed by atoms with Crippen LogP contribution in [-0.4, -0.2) is 23.4 Å². The van der Waals surface area contributed by atoms with Crippen LogP contribution in [0.3, 0.4) is 0 Å². The van der Waals surface area contributed by atoms with Crippen LogP contribution in [0, 0.1) is 6.92 Å². The first-order valence-corrected chi connectivity index (χ1v) is 13.4. The number of pyridine rings is 1. The van der Waals surface area contributed by atoms with Crippen molar-refractivity contribution in [1.82, 2.24) is 4.98 Å². The molecule has 2 rings (SSSR count). The van der Waals surface area contributed by atoms with Gasteiger partial charge in [-0.2, -0.15) is 0 Å². The molecule has 0 saturated carbocycles. The zero-order chi connectivity index (χ0) is 22.1. The van der Waals surface area contributed by atoms with Gasteiger partial charge in [0.05, 0.1) is 11.6 Å². The summed E-state index contributed by atoms with van der Waals surface area (Å²) in [5.41, 5.74) is 4.23. The molecule has 5 heteroatoms. The van der Waals surface area contributed by atoms with Crippen molar-refractivity contribution in [3.8, 4) is 0 Å². The maximum atomic E-state index is 13.5. The highest BCUT2D eigenvalue weighted by atomic mass is 32.2. The monoisotopic (exact) mass is 444 g/mol. The van der Waals surface area contributed by atoms with Gasteiger partial charge in [-0.25, -0.2) is 4.98 Å². The molecule has 1 heterocycles. The summed E-state index contributed by atoms with van der Waals surface area (Å²) in [5, 5.41) is 4.12. The summed E-state index contributed by atoms with van der Waals surface area (Å²) in [4.78, 5) is 19.2. The van der Waals surface area contributed by atoms with Gasteiger partial charge in [-0.1, -0.05) is 70.7 Å². The molecule has 30 heavy (non-hydrogen) atoms. The maximum Gasteiger partial charge on any atom is 0.232 e. The van der Waals surface area contributed by atoms with Crippen molar-refractivity contribution in [2.75, 3.05) is 17.8 Å². The normalized spacial score (nSPS) is 12.2. The van der Waals surface area contributed by atoms with E-state index in [1.165, 1.54) is 24.8 Å². The zero-order valence-electron chi connectivity index (χ0n) is 19.2. The molecule has 0 fully saturated rings. The van der Waals surface area contributed by atoms with Crippen LogP contribution in [0.2, 0.25) is 0 Å². The first kappa shape index (κ1) is 24.8. The van der Waals surface area contributed by atoms with Gasteiger partial charge in [0.25, 0.3) is 0 Å². The highest BCUT2D eigenvalue weighted by Gasteiger charge is 2.23. The van der Waals surface area contributed by atoms with E-state index in [1.54, 1.807) is 23.5 Å². The number of hydrogen-bond donors (Lipinski definition) is 1. The Morgan fingerprint density at radius 2 is 1.70 bits per heavy atom. The number of nitrogens with one attached hydrogen (secondary N) is 1. The van der Waals surface area contributed by atoms with Gasteiger partial charge < -0.3 is 5.32 Å². The fourth-order valence-corrected chi connectivity index (χ4v) is 4.89. The summed E-state index contributed by atoms with van der Waals surface area (Å²) in [5.74, 6) is 0.414. The van der Waals surface area contributed by atoms with Gasteiger partial charge in [0.2, 0.25) is 5.91 Å². The van der Waals surface area contributed by atoms with Crippen LogP contribution in [-0.2, 0) is 4.79 Å². The predicted molar refractivity (Wildman–Crippen MR) is 133 cm³/mol. The molecule has 1 unspecified atom stereocenters. The number of carbonyl (C=O) groups is 1. The Hall–Kier alpha value is -1.46. The molecule has 3 nitrogen and oxygen atoms in total. The summed E-state index contributed by atoms with van der Waals surface area (Å²) in [6.07, 6.45) is 9.57. The molecule has 1 aromatic carbocycles. The second-order valence-corrected chi connectivity index (χ2v) is 9.71. The van der Waals surface area contributed by atoms with Crippen LogP contribution in [0.4, 0.5) is 5.69 Å². The zero-order valence-corrected chi connectivity index (χ0v) is 20.9. The fourth-order valence-electron chi connectivity index (χ4n) is 3.59. The Labute approximate surface area is 191 Å². The number of aryl methyl sites for hydroxylation is 1. The van der Waals surface area contributed by atoms with Gasteiger partial charge in [0.15, 0.2) is 0 Å². The minimum atomic E-state index is -0.145. The van der Waals surface area contributed by atoms with Crippen LogP contribution in [0.1, 0.15) is 81.5 Å². The number of carbonyl (C=O) groups excluding carboxylic acids is 1. The molecule has 1 amide bonds. The molecule has 0 aliphatic heterocycles. The van der Waals surface area contributed by atoms with E-state index in [-0.39, 0.29) is 11.8 Å². The van der Waals surface area contributed by atoms with E-state index in [4.69, 9.17) is 0 Å². The third-order valence-electron chi connectivity index (χ3n) is 5.41. The number of anilines is 1. The molecular formula is C25H36N2OS2. The summed E-state index contributed by atoms with van der Waals surface area (Å²) >= 11 is 3.23. The number of unbranched alkanes of at least 4 members (excludes halogenated alkanes) is 3. The number of amides is 1. The van der Waals surface area contributed by atoms with Gasteiger partial charge in [0.1, 0.15) is 5.03 Å². The largest absolute Gasteiger partial charge is 0.322 e. The van der Waals surface area contributed by atoms with E-state index < -0.39 is 0 Å². The van der Waals surface area contributed by atoms with Crippen LogP contribution in [0.5, 0.6) is 0 Å². The molecule has 0 spiro atoms. The Kier molecular flexibility index (Phi) is 10.3. The topological polar surface area (TPSA) is 42.0 Å². The second-order valence-electron chi connectivity index (χ2n) is 8.06. The molecule has 0 saturated heterocycles. The third-order valence-corrected chi connectivity index (χ3v) is 6.85. The lowest BCUT2D eigenvalue weighted by atomic mass is 9.90. The van der Waals surface area contributed by atoms with Crippen molar-refractivity contribution in [3.05, 3.63) is 47.2 Å². The minimum Gasteiger partial charge on any atom is -0.322 e. The van der Waals surface area contributed by atoms with Gasteiger partial charge in [-0.05, 0) is 49.0 Å². The van der Waals surface area contributed by atoms with Crippen molar-refractivity contribution < 1.29 is 4.79 Å². The standard InChI is InChI=1S/C25H36N2OS2/c1-7-8-9-10-11-21(20-14-12-19(13-15-20)17(2)3)24(28)27-23-22(29-5)16-18(4)26-25(23)30-6/h12-17,21H,7-11H2,1-6H3,(H,27,28). The summed E-state index contributed by atoms with van der Waals surface area (Å²) in [6.45, 7) is 8.61. The van der Waals surface area contributed by atoms with Crippen molar-refractivity contribution in [1.29, 1.82) is 0 Å². The lowest BCUT2D eigenvalue weighted by Gasteiger charge is -2.20. The highest BCUT2D eigenvalue weighted by molar-refractivity contribution is 7.99. The average Bonchev–Trinajstić information content (AvgIpc) is 2.74. The highest BCUT2D eigenvalue weighted by Crippen LogP contribution is 2.35. The molecule has 1 atom stereocenters. The smallest absolute Gasteiger partial charge is 0.232 e. The Bertz CT molecular complexity index is 793.